The van der Waals surface area contributed by atoms with E-state index in [0.717, 1.165) is 17.3 Å². The fourth-order valence-electron chi connectivity index (χ4n) is 4.95. The fraction of sp³-hybridized carbons (Fsp3) is 0.605. The molecule has 12 nitrogen and oxygen atoms in total. The number of allylic oxidation sites excluding steroid dienone is 1. The molecule has 14 heteroatoms. The second kappa shape index (κ2) is 20.6. The van der Waals surface area contributed by atoms with Crippen LogP contribution in [0.25, 0.3) is 0 Å². The van der Waals surface area contributed by atoms with Gasteiger partial charge in [0.25, 0.3) is 0 Å². The molecular formula is C38H55N3O9S2. The number of hydrogen-bond acceptors (Lipinski definition) is 11. The van der Waals surface area contributed by atoms with Gasteiger partial charge in [-0.2, -0.15) is 0 Å². The maximum atomic E-state index is 13.9. The first-order valence-corrected chi connectivity index (χ1v) is 19.5. The number of carbonyl (C=O) groups is 7. The third kappa shape index (κ3) is 15.9. The van der Waals surface area contributed by atoms with Crippen molar-refractivity contribution in [1.29, 1.82) is 0 Å². The smallest absolute Gasteiger partial charge is 0.310 e. The number of rotatable bonds is 10. The van der Waals surface area contributed by atoms with Crippen LogP contribution in [-0.4, -0.2) is 81.7 Å². The van der Waals surface area contributed by atoms with E-state index in [-0.39, 0.29) is 34.7 Å². The van der Waals surface area contributed by atoms with E-state index < -0.39 is 77.2 Å². The van der Waals surface area contributed by atoms with E-state index in [2.05, 4.69) is 16.0 Å². The van der Waals surface area contributed by atoms with Crippen LogP contribution in [-0.2, 0) is 49.5 Å². The van der Waals surface area contributed by atoms with Crippen molar-refractivity contribution in [3.8, 4) is 0 Å². The summed E-state index contributed by atoms with van der Waals surface area (Å²) in [6.45, 7) is 15.5. The van der Waals surface area contributed by atoms with Gasteiger partial charge in [0.05, 0.1) is 18.9 Å². The van der Waals surface area contributed by atoms with Gasteiger partial charge in [0, 0.05) is 35.7 Å². The molecule has 1 saturated heterocycles. The Morgan fingerprint density at radius 2 is 1.46 bits per heavy atom. The highest BCUT2D eigenvalue weighted by Crippen LogP contribution is 2.25. The lowest BCUT2D eigenvalue weighted by Gasteiger charge is -2.32. The van der Waals surface area contributed by atoms with Crippen LogP contribution < -0.4 is 16.0 Å². The van der Waals surface area contributed by atoms with Gasteiger partial charge in [-0.3, -0.25) is 33.6 Å². The molecule has 5 atom stereocenters. The summed E-state index contributed by atoms with van der Waals surface area (Å²) in [5.41, 5.74) is -0.472. The molecule has 2 rings (SSSR count). The molecule has 0 unspecified atom stereocenters. The highest BCUT2D eigenvalue weighted by Gasteiger charge is 2.36. The van der Waals surface area contributed by atoms with Crippen molar-refractivity contribution in [3.05, 3.63) is 48.0 Å². The molecule has 288 valence electrons. The monoisotopic (exact) mass is 761 g/mol. The topological polar surface area (TPSA) is 174 Å². The molecule has 52 heavy (non-hydrogen) atoms. The van der Waals surface area contributed by atoms with E-state index in [0.29, 0.717) is 12.2 Å². The van der Waals surface area contributed by atoms with Gasteiger partial charge in [0.2, 0.25) is 17.7 Å². The number of ether oxygens (including phenoxy) is 2. The van der Waals surface area contributed by atoms with E-state index in [1.165, 1.54) is 18.7 Å². The minimum atomic E-state index is -1.23. The molecule has 0 aliphatic carbocycles. The highest BCUT2D eigenvalue weighted by molar-refractivity contribution is 8.14. The predicted octanol–water partition coefficient (Wildman–Crippen LogP) is 4.53. The minimum Gasteiger partial charge on any atom is -0.460 e. The Bertz CT molecular complexity index is 1450. The van der Waals surface area contributed by atoms with Crippen molar-refractivity contribution in [3.63, 3.8) is 0 Å². The number of benzene rings is 1. The Balaban J connectivity index is 2.53. The Morgan fingerprint density at radius 1 is 0.865 bits per heavy atom. The molecule has 0 saturated carbocycles. The zero-order valence-electron chi connectivity index (χ0n) is 31.7. The molecule has 3 amide bonds. The van der Waals surface area contributed by atoms with Crippen LogP contribution in [0.5, 0.6) is 0 Å². The van der Waals surface area contributed by atoms with Crippen LogP contribution in [0.4, 0.5) is 0 Å². The molecule has 1 aliphatic rings. The lowest BCUT2D eigenvalue weighted by molar-refractivity contribution is -0.158. The lowest BCUT2D eigenvalue weighted by atomic mass is 9.95. The molecule has 1 heterocycles. The van der Waals surface area contributed by atoms with Crippen molar-refractivity contribution >= 4 is 63.4 Å². The molecule has 1 aromatic carbocycles. The quantitative estimate of drug-likeness (QED) is 0.174. The first-order chi connectivity index (χ1) is 24.2. The van der Waals surface area contributed by atoms with Crippen molar-refractivity contribution in [2.75, 3.05) is 11.5 Å². The number of amides is 3. The summed E-state index contributed by atoms with van der Waals surface area (Å²) in [6.07, 6.45) is 0.846. The summed E-state index contributed by atoms with van der Waals surface area (Å²) >= 11 is 2.08. The van der Waals surface area contributed by atoms with Gasteiger partial charge in [-0.15, -0.1) is 0 Å². The third-order valence-corrected chi connectivity index (χ3v) is 10.5. The van der Waals surface area contributed by atoms with E-state index in [1.54, 1.807) is 71.0 Å². The molecule has 1 fully saturated rings. The van der Waals surface area contributed by atoms with Crippen LogP contribution in [0.1, 0.15) is 87.1 Å². The predicted molar refractivity (Wildman–Crippen MR) is 203 cm³/mol. The Labute approximate surface area is 316 Å². The number of carbonyl (C=O) groups excluding carboxylic acids is 7. The van der Waals surface area contributed by atoms with Crippen molar-refractivity contribution < 1.29 is 43.0 Å². The summed E-state index contributed by atoms with van der Waals surface area (Å²) in [5.74, 6) is -3.36. The lowest BCUT2D eigenvalue weighted by Crippen LogP contribution is -2.58. The maximum Gasteiger partial charge on any atom is 0.310 e. The number of nitrogens with one attached hydrogen (secondary N) is 3. The van der Waals surface area contributed by atoms with Crippen LogP contribution in [0.15, 0.2) is 42.5 Å². The van der Waals surface area contributed by atoms with E-state index in [1.807, 2.05) is 26.8 Å². The Kier molecular flexibility index (Phi) is 17.6. The van der Waals surface area contributed by atoms with Gasteiger partial charge >= 0.3 is 11.9 Å². The largest absolute Gasteiger partial charge is 0.460 e. The number of cyclic esters (lactones) is 1. The summed E-state index contributed by atoms with van der Waals surface area (Å²) in [4.78, 5) is 92.2. The average molecular weight is 762 g/mol. The first kappa shape index (κ1) is 44.5. The standard InChI is InChI=1S/C38H55N3O9S2/c1-23(2)32-29(49-24(3)42)21-31(44)50-26(17-13-14-18-51-35(47)37(4,5)6)20-30(43)39-27(19-25-15-11-10-12-16-25)33(45)40-28(34(46)41-32)22-52-36(48)38(7,8)9/h10-13,15-17,23,26-29,32H,14,18-22H2,1-9H3,(H,39,43)(H,40,45)(H,41,46)/t26-,27-,28-,29+,32-/m1/s1. The highest BCUT2D eigenvalue weighted by atomic mass is 32.2. The van der Waals surface area contributed by atoms with Gasteiger partial charge in [0.15, 0.2) is 10.2 Å². The van der Waals surface area contributed by atoms with Crippen LogP contribution in [0.2, 0.25) is 0 Å². The zero-order chi connectivity index (χ0) is 39.2. The first-order valence-electron chi connectivity index (χ1n) is 17.5. The molecule has 0 aromatic heterocycles. The molecule has 0 radical (unpaired) electrons. The third-order valence-electron chi connectivity index (χ3n) is 7.82. The van der Waals surface area contributed by atoms with Gasteiger partial charge in [-0.05, 0) is 24.0 Å². The zero-order valence-corrected chi connectivity index (χ0v) is 33.4. The summed E-state index contributed by atoms with van der Waals surface area (Å²) in [5, 5.41) is 8.19. The Hall–Kier alpha value is -3.65. The van der Waals surface area contributed by atoms with Gasteiger partial charge in [-0.25, -0.2) is 0 Å². The maximum absolute atomic E-state index is 13.9. The summed E-state index contributed by atoms with van der Waals surface area (Å²) < 4.78 is 11.3. The van der Waals surface area contributed by atoms with E-state index in [9.17, 15) is 33.6 Å². The minimum absolute atomic E-state index is 0.0355. The number of esters is 2. The van der Waals surface area contributed by atoms with Gasteiger partial charge < -0.3 is 25.4 Å². The molecule has 0 spiro atoms. The Morgan fingerprint density at radius 3 is 2.04 bits per heavy atom. The van der Waals surface area contributed by atoms with Gasteiger partial charge in [0.1, 0.15) is 24.3 Å². The van der Waals surface area contributed by atoms with Gasteiger partial charge in [-0.1, -0.05) is 115 Å². The number of hydrogen-bond donors (Lipinski definition) is 3. The number of thioether (sulfide) groups is 2. The fourth-order valence-corrected chi connectivity index (χ4v) is 6.81. The summed E-state index contributed by atoms with van der Waals surface area (Å²) in [6, 6.07) is 5.77. The normalized spacial score (nSPS) is 22.8. The van der Waals surface area contributed by atoms with E-state index in [4.69, 9.17) is 9.47 Å². The molecule has 1 aromatic rings. The SMILES string of the molecule is CC(=O)O[C@H]1CC(=O)O[C@H](C=CCCSC(=O)C(C)(C)C)CC(=O)N[C@H](Cc2ccccc2)C(=O)N[C@H](CSC(=O)C(C)(C)C)C(=O)N[C@@H]1C(C)C. The average Bonchev–Trinajstić information content (AvgIpc) is 3.03. The summed E-state index contributed by atoms with van der Waals surface area (Å²) in [7, 11) is 0. The van der Waals surface area contributed by atoms with Crippen molar-refractivity contribution in [2.45, 2.75) is 118 Å². The second-order valence-electron chi connectivity index (χ2n) is 15.2. The molecular weight excluding hydrogens is 707 g/mol. The van der Waals surface area contributed by atoms with Crippen molar-refractivity contribution in [2.24, 2.45) is 16.7 Å². The van der Waals surface area contributed by atoms with Crippen molar-refractivity contribution in [1.82, 2.24) is 16.0 Å². The molecule has 1 aliphatic heterocycles. The second-order valence-corrected chi connectivity index (χ2v) is 17.2. The molecule has 3 N–H and O–H groups in total. The van der Waals surface area contributed by atoms with Crippen LogP contribution >= 0.6 is 23.5 Å². The van der Waals surface area contributed by atoms with Crippen LogP contribution in [0.3, 0.4) is 0 Å². The molecule has 0 bridgehead atoms. The van der Waals surface area contributed by atoms with E-state index >= 15 is 0 Å². The van der Waals surface area contributed by atoms with Crippen LogP contribution in [0, 0.1) is 16.7 Å².